The maximum atomic E-state index is 12.8. The van der Waals surface area contributed by atoms with Gasteiger partial charge in [0.2, 0.25) is 0 Å². The topological polar surface area (TPSA) is 79.7 Å². The second-order valence-corrected chi connectivity index (χ2v) is 8.50. The van der Waals surface area contributed by atoms with Crippen molar-refractivity contribution in [2.75, 3.05) is 14.2 Å². The molecule has 0 aliphatic rings. The van der Waals surface area contributed by atoms with Crippen LogP contribution < -0.4 is 4.74 Å². The van der Waals surface area contributed by atoms with Gasteiger partial charge in [0.05, 0.1) is 30.5 Å². The number of carbonyl (C=O) groups is 2. The number of hydrogen-bond donors (Lipinski definition) is 0. The summed E-state index contributed by atoms with van der Waals surface area (Å²) in [6, 6.07) is 12.6. The number of aromatic nitrogens is 2. The van der Waals surface area contributed by atoms with E-state index in [0.717, 1.165) is 4.47 Å². The number of ether oxygens (including phenoxy) is 3. The Morgan fingerprint density at radius 3 is 2.23 bits per heavy atom. The largest absolute Gasteiger partial charge is 0.489 e. The number of methoxy groups -OCH3 is 2. The first-order valence-corrected chi connectivity index (χ1v) is 10.9. The molecule has 0 saturated carbocycles. The summed E-state index contributed by atoms with van der Waals surface area (Å²) >= 11 is 6.99. The van der Waals surface area contributed by atoms with E-state index in [-0.39, 0.29) is 23.1 Å². The molecular formula is C22H20Br2N2O5. The number of halogens is 2. The normalized spacial score (nSPS) is 10.8. The number of benzene rings is 2. The first-order chi connectivity index (χ1) is 14.8. The van der Waals surface area contributed by atoms with Crippen LogP contribution in [0.2, 0.25) is 0 Å². The first kappa shape index (κ1) is 23.0. The Morgan fingerprint density at radius 2 is 1.65 bits per heavy atom. The highest BCUT2D eigenvalue weighted by molar-refractivity contribution is 9.11. The SMILES string of the molecule is COC(=O)c1c(-c2cc(Br)cc(Br)c2OC(C)C)nn(-c2ccccc2)c1C(=O)OC. The van der Waals surface area contributed by atoms with Gasteiger partial charge < -0.3 is 14.2 Å². The molecule has 0 aliphatic heterocycles. The Hall–Kier alpha value is -2.65. The minimum absolute atomic E-state index is 0.0168. The standard InChI is InChI=1S/C22H20Br2N2O5/c1-12(2)31-20-15(10-13(23)11-16(20)24)18-17(21(27)29-3)19(22(28)30-4)26(25-18)14-8-6-5-7-9-14/h5-12H,1-4H3. The Balaban J connectivity index is 2.43. The molecule has 31 heavy (non-hydrogen) atoms. The van der Waals surface area contributed by atoms with Gasteiger partial charge in [-0.1, -0.05) is 34.1 Å². The van der Waals surface area contributed by atoms with Crippen molar-refractivity contribution in [3.63, 3.8) is 0 Å². The van der Waals surface area contributed by atoms with Crippen LogP contribution in [0.4, 0.5) is 0 Å². The molecular weight excluding hydrogens is 532 g/mol. The van der Waals surface area contributed by atoms with Crippen LogP contribution in [-0.4, -0.2) is 42.0 Å². The van der Waals surface area contributed by atoms with Gasteiger partial charge in [-0.15, -0.1) is 0 Å². The molecule has 162 valence electrons. The summed E-state index contributed by atoms with van der Waals surface area (Å²) in [5.74, 6) is -0.954. The average molecular weight is 552 g/mol. The number of para-hydroxylation sites is 1. The van der Waals surface area contributed by atoms with Crippen LogP contribution in [0.5, 0.6) is 5.75 Å². The average Bonchev–Trinajstić information content (AvgIpc) is 3.15. The molecule has 1 heterocycles. The van der Waals surface area contributed by atoms with Gasteiger partial charge >= 0.3 is 11.9 Å². The second-order valence-electron chi connectivity index (χ2n) is 6.73. The van der Waals surface area contributed by atoms with E-state index >= 15 is 0 Å². The lowest BCUT2D eigenvalue weighted by atomic mass is 10.0. The third-order valence-electron chi connectivity index (χ3n) is 4.27. The third-order valence-corrected chi connectivity index (χ3v) is 5.32. The van der Waals surface area contributed by atoms with Crippen molar-refractivity contribution < 1.29 is 23.8 Å². The van der Waals surface area contributed by atoms with Gasteiger partial charge in [-0.05, 0) is 54.0 Å². The molecule has 0 fully saturated rings. The summed E-state index contributed by atoms with van der Waals surface area (Å²) in [5.41, 5.74) is 1.27. The number of rotatable bonds is 6. The summed E-state index contributed by atoms with van der Waals surface area (Å²) in [5, 5.41) is 4.63. The van der Waals surface area contributed by atoms with Crippen molar-refractivity contribution in [3.8, 4) is 22.7 Å². The molecule has 3 rings (SSSR count). The minimum Gasteiger partial charge on any atom is -0.489 e. The van der Waals surface area contributed by atoms with Crippen LogP contribution in [0.1, 0.15) is 34.7 Å². The Labute approximate surface area is 196 Å². The van der Waals surface area contributed by atoms with Gasteiger partial charge in [0.25, 0.3) is 0 Å². The molecule has 0 bridgehead atoms. The van der Waals surface area contributed by atoms with Crippen molar-refractivity contribution in [1.82, 2.24) is 9.78 Å². The maximum absolute atomic E-state index is 12.8. The van der Waals surface area contributed by atoms with Crippen molar-refractivity contribution >= 4 is 43.8 Å². The zero-order chi connectivity index (χ0) is 22.7. The number of esters is 2. The van der Waals surface area contributed by atoms with Gasteiger partial charge in [0.15, 0.2) is 5.69 Å². The Bertz CT molecular complexity index is 1130. The summed E-state index contributed by atoms with van der Waals surface area (Å²) in [4.78, 5) is 25.6. The van der Waals surface area contributed by atoms with Crippen molar-refractivity contribution in [2.45, 2.75) is 20.0 Å². The van der Waals surface area contributed by atoms with E-state index in [4.69, 9.17) is 14.2 Å². The van der Waals surface area contributed by atoms with Crippen LogP contribution in [-0.2, 0) is 9.47 Å². The monoisotopic (exact) mass is 550 g/mol. The van der Waals surface area contributed by atoms with Crippen molar-refractivity contribution in [3.05, 3.63) is 62.7 Å². The number of carbonyl (C=O) groups excluding carboxylic acids is 2. The molecule has 1 aromatic heterocycles. The lowest BCUT2D eigenvalue weighted by Crippen LogP contribution is -2.15. The number of nitrogens with zero attached hydrogens (tertiary/aromatic N) is 2. The second kappa shape index (κ2) is 9.65. The molecule has 0 saturated heterocycles. The lowest BCUT2D eigenvalue weighted by molar-refractivity contribution is 0.0549. The fourth-order valence-corrected chi connectivity index (χ4v) is 4.35. The fourth-order valence-electron chi connectivity index (χ4n) is 3.03. The van der Waals surface area contributed by atoms with Gasteiger partial charge in [-0.3, -0.25) is 0 Å². The molecule has 0 atom stereocenters. The van der Waals surface area contributed by atoms with E-state index < -0.39 is 11.9 Å². The van der Waals surface area contributed by atoms with Crippen LogP contribution in [0.25, 0.3) is 16.9 Å². The molecule has 0 N–H and O–H groups in total. The molecule has 0 radical (unpaired) electrons. The van der Waals surface area contributed by atoms with Gasteiger partial charge in [0.1, 0.15) is 17.0 Å². The minimum atomic E-state index is -0.719. The van der Waals surface area contributed by atoms with Crippen LogP contribution >= 0.6 is 31.9 Å². The Morgan fingerprint density at radius 1 is 1.00 bits per heavy atom. The molecule has 0 unspecified atom stereocenters. The summed E-state index contributed by atoms with van der Waals surface area (Å²) in [7, 11) is 2.49. The fraction of sp³-hybridized carbons (Fsp3) is 0.227. The molecule has 3 aromatic rings. The van der Waals surface area contributed by atoms with E-state index in [1.807, 2.05) is 26.0 Å². The zero-order valence-corrected chi connectivity index (χ0v) is 20.5. The third kappa shape index (κ3) is 4.67. The first-order valence-electron chi connectivity index (χ1n) is 9.29. The lowest BCUT2D eigenvalue weighted by Gasteiger charge is -2.16. The van der Waals surface area contributed by atoms with Crippen LogP contribution in [0.15, 0.2) is 51.4 Å². The van der Waals surface area contributed by atoms with Gasteiger partial charge in [-0.25, -0.2) is 14.3 Å². The Kier molecular flexibility index (Phi) is 7.17. The molecule has 0 spiro atoms. The van der Waals surface area contributed by atoms with E-state index in [1.54, 1.807) is 30.3 Å². The molecule has 0 amide bonds. The van der Waals surface area contributed by atoms with Crippen molar-refractivity contribution in [1.29, 1.82) is 0 Å². The summed E-state index contributed by atoms with van der Waals surface area (Å²) < 4.78 is 18.7. The zero-order valence-electron chi connectivity index (χ0n) is 17.3. The maximum Gasteiger partial charge on any atom is 0.357 e. The van der Waals surface area contributed by atoms with Crippen LogP contribution in [0.3, 0.4) is 0 Å². The van der Waals surface area contributed by atoms with Gasteiger partial charge in [0, 0.05) is 10.0 Å². The molecule has 7 nitrogen and oxygen atoms in total. The predicted octanol–water partition coefficient (Wildman–Crippen LogP) is 5.42. The highest BCUT2D eigenvalue weighted by Gasteiger charge is 2.33. The van der Waals surface area contributed by atoms with Gasteiger partial charge in [-0.2, -0.15) is 5.10 Å². The van der Waals surface area contributed by atoms with E-state index in [9.17, 15) is 9.59 Å². The highest BCUT2D eigenvalue weighted by atomic mass is 79.9. The van der Waals surface area contributed by atoms with E-state index in [0.29, 0.717) is 21.5 Å². The quantitative estimate of drug-likeness (QED) is 0.380. The smallest absolute Gasteiger partial charge is 0.357 e. The summed E-state index contributed by atoms with van der Waals surface area (Å²) in [6.07, 6.45) is -0.144. The number of hydrogen-bond acceptors (Lipinski definition) is 6. The molecule has 9 heteroatoms. The van der Waals surface area contributed by atoms with Crippen LogP contribution in [0, 0.1) is 0 Å². The van der Waals surface area contributed by atoms with E-state index in [1.165, 1.54) is 18.9 Å². The highest BCUT2D eigenvalue weighted by Crippen LogP contribution is 2.42. The molecule has 2 aromatic carbocycles. The van der Waals surface area contributed by atoms with E-state index in [2.05, 4.69) is 37.0 Å². The summed E-state index contributed by atoms with van der Waals surface area (Å²) in [6.45, 7) is 3.78. The molecule has 0 aliphatic carbocycles. The predicted molar refractivity (Wildman–Crippen MR) is 123 cm³/mol. The van der Waals surface area contributed by atoms with Crippen molar-refractivity contribution in [2.24, 2.45) is 0 Å².